The lowest BCUT2D eigenvalue weighted by Crippen LogP contribution is -2.39. The van der Waals surface area contributed by atoms with Crippen molar-refractivity contribution in [3.05, 3.63) is 29.8 Å². The molecule has 0 aliphatic carbocycles. The number of benzene rings is 1. The number of hydrogen-bond acceptors (Lipinski definition) is 3. The molecule has 0 heterocycles. The number of carbonyl (C=O) groups excluding carboxylic acids is 1. The molecule has 0 bridgehead atoms. The molecule has 0 spiro atoms. The Hall–Kier alpha value is -1.56. The standard InChI is InChI=1S/C12H18N2O3S/c1-3-4-9-13-12(15)14-18(16,17)11-8-6-5-7-10(11)2/h5-8H,3-4,9H2,1-2H3,(H2,13,14,15). The molecule has 0 saturated carbocycles. The molecule has 0 atom stereocenters. The van der Waals surface area contributed by atoms with Gasteiger partial charge in [-0.3, -0.25) is 0 Å². The van der Waals surface area contributed by atoms with E-state index < -0.39 is 16.1 Å². The van der Waals surface area contributed by atoms with Crippen molar-refractivity contribution in [3.8, 4) is 0 Å². The average Bonchev–Trinajstić information content (AvgIpc) is 2.29. The first-order valence-electron chi connectivity index (χ1n) is 5.83. The van der Waals surface area contributed by atoms with E-state index in [1.807, 2.05) is 11.6 Å². The van der Waals surface area contributed by atoms with Crippen molar-refractivity contribution >= 4 is 16.1 Å². The molecule has 0 unspecified atom stereocenters. The number of sulfonamides is 1. The maximum atomic E-state index is 11.9. The molecule has 5 nitrogen and oxygen atoms in total. The summed E-state index contributed by atoms with van der Waals surface area (Å²) in [7, 11) is -3.79. The van der Waals surface area contributed by atoms with E-state index >= 15 is 0 Å². The van der Waals surface area contributed by atoms with Crippen molar-refractivity contribution in [2.75, 3.05) is 6.54 Å². The first-order chi connectivity index (χ1) is 8.47. The minimum Gasteiger partial charge on any atom is -0.337 e. The number of nitrogens with one attached hydrogen (secondary N) is 2. The smallest absolute Gasteiger partial charge is 0.328 e. The minimum atomic E-state index is -3.79. The molecule has 0 aliphatic heterocycles. The SMILES string of the molecule is CCCCNC(=O)NS(=O)(=O)c1ccccc1C. The quantitative estimate of drug-likeness (QED) is 0.801. The summed E-state index contributed by atoms with van der Waals surface area (Å²) in [6.07, 6.45) is 1.75. The Balaban J connectivity index is 2.71. The molecule has 0 aromatic heterocycles. The highest BCUT2D eigenvalue weighted by Gasteiger charge is 2.18. The number of urea groups is 1. The Labute approximate surface area is 108 Å². The summed E-state index contributed by atoms with van der Waals surface area (Å²) in [5.41, 5.74) is 0.603. The number of unbranched alkanes of at least 4 members (excludes halogenated alkanes) is 1. The maximum Gasteiger partial charge on any atom is 0.328 e. The van der Waals surface area contributed by atoms with Crippen LogP contribution in [0.5, 0.6) is 0 Å². The number of carbonyl (C=O) groups is 1. The molecule has 1 aromatic carbocycles. The number of aryl methyl sites for hydroxylation is 1. The van der Waals surface area contributed by atoms with Gasteiger partial charge in [-0.2, -0.15) is 0 Å². The molecule has 0 radical (unpaired) electrons. The van der Waals surface area contributed by atoms with Crippen LogP contribution in [0, 0.1) is 6.92 Å². The van der Waals surface area contributed by atoms with Crippen LogP contribution in [-0.4, -0.2) is 21.0 Å². The lowest BCUT2D eigenvalue weighted by molar-refractivity contribution is 0.245. The lowest BCUT2D eigenvalue weighted by atomic mass is 10.2. The topological polar surface area (TPSA) is 75.3 Å². The van der Waals surface area contributed by atoms with Crippen molar-refractivity contribution in [1.82, 2.24) is 10.0 Å². The highest BCUT2D eigenvalue weighted by molar-refractivity contribution is 7.90. The van der Waals surface area contributed by atoms with Gasteiger partial charge in [0, 0.05) is 6.54 Å². The van der Waals surface area contributed by atoms with E-state index in [9.17, 15) is 13.2 Å². The van der Waals surface area contributed by atoms with Gasteiger partial charge in [0.2, 0.25) is 0 Å². The summed E-state index contributed by atoms with van der Waals surface area (Å²) in [5, 5.41) is 2.50. The van der Waals surface area contributed by atoms with Gasteiger partial charge in [-0.1, -0.05) is 31.5 Å². The van der Waals surface area contributed by atoms with Gasteiger partial charge in [0.1, 0.15) is 0 Å². The zero-order valence-corrected chi connectivity index (χ0v) is 11.4. The molecular weight excluding hydrogens is 252 g/mol. The summed E-state index contributed by atoms with van der Waals surface area (Å²) in [6, 6.07) is 5.83. The summed E-state index contributed by atoms with van der Waals surface area (Å²) in [6.45, 7) is 4.14. The Morgan fingerprint density at radius 1 is 1.28 bits per heavy atom. The van der Waals surface area contributed by atoms with Crippen LogP contribution in [0.1, 0.15) is 25.3 Å². The summed E-state index contributed by atoms with van der Waals surface area (Å²) in [4.78, 5) is 11.5. The van der Waals surface area contributed by atoms with E-state index in [2.05, 4.69) is 5.32 Å². The van der Waals surface area contributed by atoms with Gasteiger partial charge in [-0.15, -0.1) is 0 Å². The first kappa shape index (κ1) is 14.5. The van der Waals surface area contributed by atoms with E-state index in [0.29, 0.717) is 12.1 Å². The molecule has 1 aromatic rings. The fourth-order valence-electron chi connectivity index (χ4n) is 1.45. The third-order valence-electron chi connectivity index (χ3n) is 2.43. The molecule has 1 rings (SSSR count). The fraction of sp³-hybridized carbons (Fsp3) is 0.417. The zero-order valence-electron chi connectivity index (χ0n) is 10.6. The van der Waals surface area contributed by atoms with Crippen LogP contribution in [0.15, 0.2) is 29.2 Å². The Bertz CT molecular complexity index is 512. The molecule has 0 fully saturated rings. The predicted molar refractivity (Wildman–Crippen MR) is 69.8 cm³/mol. The zero-order chi connectivity index (χ0) is 13.6. The second kappa shape index (κ2) is 6.39. The van der Waals surface area contributed by atoms with E-state index in [4.69, 9.17) is 0 Å². The van der Waals surface area contributed by atoms with Crippen LogP contribution < -0.4 is 10.0 Å². The summed E-state index contributed by atoms with van der Waals surface area (Å²) in [5.74, 6) is 0. The second-order valence-electron chi connectivity index (χ2n) is 3.98. The van der Waals surface area contributed by atoms with Gasteiger partial charge < -0.3 is 5.32 Å². The van der Waals surface area contributed by atoms with Crippen molar-refractivity contribution in [2.45, 2.75) is 31.6 Å². The van der Waals surface area contributed by atoms with E-state index in [1.165, 1.54) is 6.07 Å². The molecule has 18 heavy (non-hydrogen) atoms. The van der Waals surface area contributed by atoms with Crippen LogP contribution in [-0.2, 0) is 10.0 Å². The van der Waals surface area contributed by atoms with E-state index in [-0.39, 0.29) is 4.90 Å². The second-order valence-corrected chi connectivity index (χ2v) is 5.63. The maximum absolute atomic E-state index is 11.9. The van der Waals surface area contributed by atoms with Crippen LogP contribution >= 0.6 is 0 Å². The van der Waals surface area contributed by atoms with Crippen molar-refractivity contribution in [1.29, 1.82) is 0 Å². The fourth-order valence-corrected chi connectivity index (χ4v) is 2.63. The third-order valence-corrected chi connectivity index (χ3v) is 3.92. The van der Waals surface area contributed by atoms with Crippen LogP contribution in [0.25, 0.3) is 0 Å². The third kappa shape index (κ3) is 4.03. The van der Waals surface area contributed by atoms with Gasteiger partial charge in [-0.05, 0) is 25.0 Å². The molecule has 100 valence electrons. The van der Waals surface area contributed by atoms with Crippen LogP contribution in [0.2, 0.25) is 0 Å². The van der Waals surface area contributed by atoms with Gasteiger partial charge in [-0.25, -0.2) is 17.9 Å². The minimum absolute atomic E-state index is 0.121. The van der Waals surface area contributed by atoms with Gasteiger partial charge >= 0.3 is 6.03 Å². The monoisotopic (exact) mass is 270 g/mol. The molecular formula is C12H18N2O3S. The molecule has 6 heteroatoms. The van der Waals surface area contributed by atoms with Crippen molar-refractivity contribution in [2.24, 2.45) is 0 Å². The van der Waals surface area contributed by atoms with E-state index in [1.54, 1.807) is 25.1 Å². The van der Waals surface area contributed by atoms with Gasteiger partial charge in [0.25, 0.3) is 10.0 Å². The Morgan fingerprint density at radius 2 is 1.94 bits per heavy atom. The Morgan fingerprint density at radius 3 is 2.56 bits per heavy atom. The Kier molecular flexibility index (Phi) is 5.15. The highest BCUT2D eigenvalue weighted by atomic mass is 32.2. The molecule has 2 amide bonds. The van der Waals surface area contributed by atoms with Gasteiger partial charge in [0.15, 0.2) is 0 Å². The number of rotatable bonds is 5. The predicted octanol–water partition coefficient (Wildman–Crippen LogP) is 1.78. The van der Waals surface area contributed by atoms with Crippen molar-refractivity contribution in [3.63, 3.8) is 0 Å². The first-order valence-corrected chi connectivity index (χ1v) is 7.32. The van der Waals surface area contributed by atoms with Crippen molar-refractivity contribution < 1.29 is 13.2 Å². The average molecular weight is 270 g/mol. The van der Waals surface area contributed by atoms with Crippen LogP contribution in [0.3, 0.4) is 0 Å². The number of amides is 2. The van der Waals surface area contributed by atoms with Crippen LogP contribution in [0.4, 0.5) is 4.79 Å². The summed E-state index contributed by atoms with van der Waals surface area (Å²) < 4.78 is 25.8. The molecule has 2 N–H and O–H groups in total. The lowest BCUT2D eigenvalue weighted by Gasteiger charge is -2.09. The highest BCUT2D eigenvalue weighted by Crippen LogP contribution is 2.13. The molecule has 0 aliphatic rings. The molecule has 0 saturated heterocycles. The largest absolute Gasteiger partial charge is 0.337 e. The number of hydrogen-bond donors (Lipinski definition) is 2. The normalized spacial score (nSPS) is 11.0. The summed E-state index contributed by atoms with van der Waals surface area (Å²) >= 11 is 0. The van der Waals surface area contributed by atoms with E-state index in [0.717, 1.165) is 12.8 Å². The van der Waals surface area contributed by atoms with Gasteiger partial charge in [0.05, 0.1) is 4.90 Å².